The molecule has 0 spiro atoms. The lowest BCUT2D eigenvalue weighted by molar-refractivity contribution is 0.0497. The van der Waals surface area contributed by atoms with Crippen molar-refractivity contribution in [3.05, 3.63) is 72.2 Å². The van der Waals surface area contributed by atoms with Gasteiger partial charge in [0.15, 0.2) is 11.5 Å². The van der Waals surface area contributed by atoms with Crippen LogP contribution in [-0.2, 0) is 17.9 Å². The van der Waals surface area contributed by atoms with E-state index >= 15 is 0 Å². The van der Waals surface area contributed by atoms with Crippen molar-refractivity contribution in [3.63, 3.8) is 0 Å². The Kier molecular flexibility index (Phi) is 8.70. The number of fused-ring (bicyclic) bond motifs is 1. The molecule has 2 aromatic carbocycles. The highest BCUT2D eigenvalue weighted by atomic mass is 16.6. The number of nitrogens with one attached hydrogen (secondary N) is 1. The number of carbonyl (C=O) groups excluding carboxylic acids is 1. The fraction of sp³-hybridized carbons (Fsp3) is 0.406. The molecular formula is C32H39N5O5. The number of amides is 1. The normalized spacial score (nSPS) is 14.1. The van der Waals surface area contributed by atoms with Gasteiger partial charge in [-0.2, -0.15) is 0 Å². The zero-order chi connectivity index (χ0) is 29.7. The molecule has 0 aliphatic carbocycles. The molecule has 0 saturated carbocycles. The van der Waals surface area contributed by atoms with Crippen LogP contribution in [-0.4, -0.2) is 59.6 Å². The third kappa shape index (κ3) is 7.23. The number of piperidine rings is 1. The van der Waals surface area contributed by atoms with Crippen molar-refractivity contribution in [2.75, 3.05) is 32.2 Å². The molecule has 0 radical (unpaired) electrons. The number of methoxy groups -OCH3 is 2. The fourth-order valence-electron chi connectivity index (χ4n) is 5.04. The SMILES string of the molecule is COc1ccc(COc2ccc(Cn3cnc4cc(N5CCC(NC(=O)OC(C)(C)C)CC5)ccc43)cc2OC)cn1. The Labute approximate surface area is 246 Å². The molecule has 10 heteroatoms. The van der Waals surface area contributed by atoms with E-state index < -0.39 is 5.60 Å². The summed E-state index contributed by atoms with van der Waals surface area (Å²) in [7, 11) is 3.24. The predicted octanol–water partition coefficient (Wildman–Crippen LogP) is 5.57. The summed E-state index contributed by atoms with van der Waals surface area (Å²) in [5.41, 5.74) is 4.66. The Morgan fingerprint density at radius 1 is 0.952 bits per heavy atom. The van der Waals surface area contributed by atoms with E-state index in [4.69, 9.17) is 18.9 Å². The summed E-state index contributed by atoms with van der Waals surface area (Å²) >= 11 is 0. The van der Waals surface area contributed by atoms with Gasteiger partial charge in [0.25, 0.3) is 0 Å². The minimum absolute atomic E-state index is 0.118. The van der Waals surface area contributed by atoms with Gasteiger partial charge in [0, 0.05) is 49.2 Å². The summed E-state index contributed by atoms with van der Waals surface area (Å²) in [5, 5.41) is 3.01. The smallest absolute Gasteiger partial charge is 0.407 e. The van der Waals surface area contributed by atoms with Crippen LogP contribution in [0.1, 0.15) is 44.7 Å². The summed E-state index contributed by atoms with van der Waals surface area (Å²) in [6.07, 6.45) is 4.99. The van der Waals surface area contributed by atoms with E-state index in [-0.39, 0.29) is 12.1 Å². The molecule has 1 N–H and O–H groups in total. The van der Waals surface area contributed by atoms with E-state index in [1.54, 1.807) is 20.4 Å². The van der Waals surface area contributed by atoms with Crippen LogP contribution in [0.25, 0.3) is 11.0 Å². The van der Waals surface area contributed by atoms with Crippen LogP contribution in [0.15, 0.2) is 61.1 Å². The number of pyridine rings is 1. The third-order valence-corrected chi connectivity index (χ3v) is 7.17. The van der Waals surface area contributed by atoms with Crippen molar-refractivity contribution in [3.8, 4) is 17.4 Å². The minimum Gasteiger partial charge on any atom is -0.493 e. The summed E-state index contributed by atoms with van der Waals surface area (Å²) in [5.74, 6) is 1.91. The number of nitrogens with zero attached hydrogens (tertiary/aromatic N) is 4. The molecule has 1 fully saturated rings. The second kappa shape index (κ2) is 12.6. The molecule has 1 aliphatic rings. The van der Waals surface area contributed by atoms with E-state index in [0.717, 1.165) is 53.8 Å². The van der Waals surface area contributed by atoms with Crippen molar-refractivity contribution >= 4 is 22.8 Å². The molecular weight excluding hydrogens is 534 g/mol. The number of carbonyl (C=O) groups is 1. The van der Waals surface area contributed by atoms with Crippen LogP contribution in [0.5, 0.6) is 17.4 Å². The van der Waals surface area contributed by atoms with Crippen molar-refractivity contribution in [2.45, 2.75) is 58.4 Å². The summed E-state index contributed by atoms with van der Waals surface area (Å²) in [6.45, 7) is 8.36. The first-order valence-electron chi connectivity index (χ1n) is 14.2. The summed E-state index contributed by atoms with van der Waals surface area (Å²) in [6, 6.07) is 16.2. The second-order valence-electron chi connectivity index (χ2n) is 11.4. The zero-order valence-electron chi connectivity index (χ0n) is 24.9. The second-order valence-corrected chi connectivity index (χ2v) is 11.4. The number of hydrogen-bond acceptors (Lipinski definition) is 8. The quantitative estimate of drug-likeness (QED) is 0.278. The molecule has 1 amide bonds. The van der Waals surface area contributed by atoms with E-state index in [2.05, 4.69) is 43.0 Å². The first-order chi connectivity index (χ1) is 20.2. The molecule has 42 heavy (non-hydrogen) atoms. The maximum Gasteiger partial charge on any atom is 0.407 e. The van der Waals surface area contributed by atoms with Crippen LogP contribution in [0.3, 0.4) is 0 Å². The Balaban J connectivity index is 1.19. The van der Waals surface area contributed by atoms with Gasteiger partial charge in [0.2, 0.25) is 5.88 Å². The molecule has 1 aliphatic heterocycles. The lowest BCUT2D eigenvalue weighted by Gasteiger charge is -2.34. The Morgan fingerprint density at radius 3 is 2.43 bits per heavy atom. The number of anilines is 1. The molecule has 4 aromatic rings. The van der Waals surface area contributed by atoms with Crippen molar-refractivity contribution < 1.29 is 23.7 Å². The minimum atomic E-state index is -0.496. The lowest BCUT2D eigenvalue weighted by Crippen LogP contribution is -2.46. The van der Waals surface area contributed by atoms with E-state index in [1.807, 2.05) is 57.4 Å². The van der Waals surface area contributed by atoms with Gasteiger partial charge in [0.05, 0.1) is 31.6 Å². The fourth-order valence-corrected chi connectivity index (χ4v) is 5.04. The molecule has 5 rings (SSSR count). The van der Waals surface area contributed by atoms with Gasteiger partial charge in [-0.3, -0.25) is 0 Å². The molecule has 0 unspecified atom stereocenters. The number of ether oxygens (including phenoxy) is 4. The van der Waals surface area contributed by atoms with Crippen LogP contribution in [0.2, 0.25) is 0 Å². The highest BCUT2D eigenvalue weighted by Crippen LogP contribution is 2.30. The Morgan fingerprint density at radius 2 is 1.74 bits per heavy atom. The van der Waals surface area contributed by atoms with Gasteiger partial charge < -0.3 is 33.7 Å². The molecule has 3 heterocycles. The van der Waals surface area contributed by atoms with Crippen LogP contribution in [0.4, 0.5) is 10.5 Å². The maximum absolute atomic E-state index is 12.1. The van der Waals surface area contributed by atoms with E-state index in [0.29, 0.717) is 30.5 Å². The Hall–Kier alpha value is -4.47. The van der Waals surface area contributed by atoms with Crippen molar-refractivity contribution in [2.24, 2.45) is 0 Å². The van der Waals surface area contributed by atoms with E-state index in [1.165, 1.54) is 0 Å². The number of imidazole rings is 1. The van der Waals surface area contributed by atoms with Gasteiger partial charge in [-0.05, 0) is 75.6 Å². The topological polar surface area (TPSA) is 100.0 Å². The average molecular weight is 574 g/mol. The van der Waals surface area contributed by atoms with Crippen LogP contribution in [0, 0.1) is 0 Å². The van der Waals surface area contributed by atoms with Gasteiger partial charge >= 0.3 is 6.09 Å². The highest BCUT2D eigenvalue weighted by molar-refractivity contribution is 5.80. The highest BCUT2D eigenvalue weighted by Gasteiger charge is 2.24. The van der Waals surface area contributed by atoms with Crippen LogP contribution < -0.4 is 24.4 Å². The van der Waals surface area contributed by atoms with Gasteiger partial charge in [-0.15, -0.1) is 0 Å². The van der Waals surface area contributed by atoms with Crippen LogP contribution >= 0.6 is 0 Å². The van der Waals surface area contributed by atoms with E-state index in [9.17, 15) is 4.79 Å². The molecule has 222 valence electrons. The summed E-state index contributed by atoms with van der Waals surface area (Å²) < 4.78 is 24.3. The number of alkyl carbamates (subject to hydrolysis) is 1. The number of benzene rings is 2. The molecule has 10 nitrogen and oxygen atoms in total. The largest absolute Gasteiger partial charge is 0.493 e. The predicted molar refractivity (Wildman–Crippen MR) is 162 cm³/mol. The number of hydrogen-bond donors (Lipinski definition) is 1. The lowest BCUT2D eigenvalue weighted by atomic mass is 10.0. The van der Waals surface area contributed by atoms with Gasteiger partial charge in [0.1, 0.15) is 12.2 Å². The standard InChI is InChI=1S/C32H39N5O5/c1-32(2,3)42-31(38)35-24-12-14-36(15-13-24)25-8-9-27-26(17-25)34-21-37(27)19-22-6-10-28(29(16-22)39-4)41-20-23-7-11-30(40-5)33-18-23/h6-11,16-18,21,24H,12-15,19-20H2,1-5H3,(H,35,38). The van der Waals surface area contributed by atoms with Crippen molar-refractivity contribution in [1.29, 1.82) is 0 Å². The molecule has 1 saturated heterocycles. The molecule has 0 bridgehead atoms. The average Bonchev–Trinajstić information content (AvgIpc) is 3.37. The van der Waals surface area contributed by atoms with Gasteiger partial charge in [-0.25, -0.2) is 14.8 Å². The first-order valence-corrected chi connectivity index (χ1v) is 14.2. The van der Waals surface area contributed by atoms with Crippen molar-refractivity contribution in [1.82, 2.24) is 19.9 Å². The zero-order valence-corrected chi connectivity index (χ0v) is 24.9. The Bertz CT molecular complexity index is 1500. The monoisotopic (exact) mass is 573 g/mol. The van der Waals surface area contributed by atoms with Gasteiger partial charge in [-0.1, -0.05) is 6.07 Å². The first kappa shape index (κ1) is 29.0. The summed E-state index contributed by atoms with van der Waals surface area (Å²) in [4.78, 5) is 23.4. The number of rotatable bonds is 9. The third-order valence-electron chi connectivity index (χ3n) is 7.17. The number of aromatic nitrogens is 3. The molecule has 0 atom stereocenters. The molecule has 2 aromatic heterocycles. The maximum atomic E-state index is 12.1.